The third kappa shape index (κ3) is 3.34. The molecule has 0 unspecified atom stereocenters. The summed E-state index contributed by atoms with van der Waals surface area (Å²) in [5.41, 5.74) is 0.593. The molecule has 7 nitrogen and oxygen atoms in total. The molecule has 1 aromatic heterocycles. The van der Waals surface area contributed by atoms with Gasteiger partial charge in [-0.15, -0.1) is 0 Å². The van der Waals surface area contributed by atoms with Gasteiger partial charge in [-0.3, -0.25) is 19.7 Å². The zero-order chi connectivity index (χ0) is 15.6. The fraction of sp³-hybridized carbons (Fsp3) is 0.0769. The van der Waals surface area contributed by atoms with Crippen molar-refractivity contribution in [2.75, 3.05) is 5.32 Å². The summed E-state index contributed by atoms with van der Waals surface area (Å²) < 4.78 is 0.531. The Labute approximate surface area is 127 Å². The fourth-order valence-corrected chi connectivity index (χ4v) is 2.26. The number of aromatic nitrogens is 1. The summed E-state index contributed by atoms with van der Waals surface area (Å²) in [4.78, 5) is 35.7. The third-order valence-corrected chi connectivity index (χ3v) is 3.43. The van der Waals surface area contributed by atoms with Gasteiger partial charge in [0, 0.05) is 28.4 Å². The van der Waals surface area contributed by atoms with Crippen molar-refractivity contribution < 1.29 is 9.72 Å². The van der Waals surface area contributed by atoms with Crippen LogP contribution in [0.15, 0.2) is 39.7 Å². The molecule has 108 valence electrons. The molecule has 0 saturated heterocycles. The number of hydrogen-bond acceptors (Lipinski definition) is 4. The van der Waals surface area contributed by atoms with Crippen molar-refractivity contribution >= 4 is 33.2 Å². The predicted molar refractivity (Wildman–Crippen MR) is 80.5 cm³/mol. The first-order chi connectivity index (χ1) is 9.88. The number of benzene rings is 1. The highest BCUT2D eigenvalue weighted by Gasteiger charge is 2.16. The van der Waals surface area contributed by atoms with Crippen molar-refractivity contribution in [3.05, 3.63) is 66.5 Å². The van der Waals surface area contributed by atoms with E-state index >= 15 is 0 Å². The molecule has 21 heavy (non-hydrogen) atoms. The molecule has 0 atom stereocenters. The smallest absolute Gasteiger partial charge is 0.274 e. The molecule has 0 saturated carbocycles. The number of carbonyl (C=O) groups is 1. The van der Waals surface area contributed by atoms with Gasteiger partial charge in [-0.05, 0) is 35.0 Å². The van der Waals surface area contributed by atoms with E-state index in [4.69, 9.17) is 0 Å². The average molecular weight is 352 g/mol. The molecule has 0 bridgehead atoms. The lowest BCUT2D eigenvalue weighted by molar-refractivity contribution is -0.385. The van der Waals surface area contributed by atoms with Crippen LogP contribution in [0.3, 0.4) is 0 Å². The van der Waals surface area contributed by atoms with Gasteiger partial charge < -0.3 is 10.3 Å². The van der Waals surface area contributed by atoms with E-state index < -0.39 is 10.8 Å². The molecule has 1 aromatic carbocycles. The molecule has 0 aliphatic rings. The Kier molecular flexibility index (Phi) is 4.18. The van der Waals surface area contributed by atoms with Gasteiger partial charge in [0.25, 0.3) is 11.6 Å². The van der Waals surface area contributed by atoms with E-state index in [-0.39, 0.29) is 22.5 Å². The summed E-state index contributed by atoms with van der Waals surface area (Å²) >= 11 is 3.25. The van der Waals surface area contributed by atoms with Crippen LogP contribution in [-0.2, 0) is 0 Å². The lowest BCUT2D eigenvalue weighted by Gasteiger charge is -2.08. The lowest BCUT2D eigenvalue weighted by atomic mass is 10.1. The molecule has 0 spiro atoms. The number of aromatic amines is 1. The van der Waals surface area contributed by atoms with Crippen LogP contribution in [0.5, 0.6) is 0 Å². The number of aryl methyl sites for hydroxylation is 1. The molecule has 1 amide bonds. The zero-order valence-corrected chi connectivity index (χ0v) is 12.4. The van der Waals surface area contributed by atoms with E-state index in [2.05, 4.69) is 26.2 Å². The van der Waals surface area contributed by atoms with Gasteiger partial charge in [-0.25, -0.2) is 0 Å². The molecule has 2 N–H and O–H groups in total. The van der Waals surface area contributed by atoms with Crippen molar-refractivity contribution in [1.29, 1.82) is 0 Å². The van der Waals surface area contributed by atoms with Crippen molar-refractivity contribution in [2.24, 2.45) is 0 Å². The van der Waals surface area contributed by atoms with Crippen LogP contribution in [0.2, 0.25) is 0 Å². The summed E-state index contributed by atoms with van der Waals surface area (Å²) in [6.45, 7) is 1.61. The highest BCUT2D eigenvalue weighted by molar-refractivity contribution is 9.10. The summed E-state index contributed by atoms with van der Waals surface area (Å²) in [6.07, 6.45) is 1.27. The van der Waals surface area contributed by atoms with Crippen molar-refractivity contribution in [3.63, 3.8) is 0 Å². The molecular formula is C13H10BrN3O4. The first-order valence-electron chi connectivity index (χ1n) is 5.83. The van der Waals surface area contributed by atoms with Crippen LogP contribution in [0.25, 0.3) is 0 Å². The highest BCUT2D eigenvalue weighted by atomic mass is 79.9. The number of H-pyrrole nitrogens is 1. The second kappa shape index (κ2) is 5.88. The monoisotopic (exact) mass is 351 g/mol. The highest BCUT2D eigenvalue weighted by Crippen LogP contribution is 2.30. The Hall–Kier alpha value is -2.48. The number of nitrogens with one attached hydrogen (secondary N) is 2. The third-order valence-electron chi connectivity index (χ3n) is 2.78. The first kappa shape index (κ1) is 14.9. The van der Waals surface area contributed by atoms with Gasteiger partial charge in [0.15, 0.2) is 0 Å². The largest absolute Gasteiger partial charge is 0.328 e. The topological polar surface area (TPSA) is 105 Å². The van der Waals surface area contributed by atoms with E-state index in [9.17, 15) is 19.7 Å². The SMILES string of the molecule is Cc1cc(Br)c(NC(=O)c2ccc(=O)[nH]c2)cc1[N+](=O)[O-]. The summed E-state index contributed by atoms with van der Waals surface area (Å²) in [5, 5.41) is 13.5. The van der Waals surface area contributed by atoms with Gasteiger partial charge >= 0.3 is 0 Å². The van der Waals surface area contributed by atoms with E-state index in [0.29, 0.717) is 10.0 Å². The second-order valence-electron chi connectivity index (χ2n) is 4.27. The lowest BCUT2D eigenvalue weighted by Crippen LogP contribution is -2.15. The second-order valence-corrected chi connectivity index (χ2v) is 5.13. The molecule has 0 aliphatic heterocycles. The van der Waals surface area contributed by atoms with Gasteiger partial charge in [0.1, 0.15) is 0 Å². The molecule has 0 fully saturated rings. The quantitative estimate of drug-likeness (QED) is 0.654. The van der Waals surface area contributed by atoms with Gasteiger partial charge in [-0.1, -0.05) is 0 Å². The Morgan fingerprint density at radius 3 is 2.67 bits per heavy atom. The van der Waals surface area contributed by atoms with Gasteiger partial charge in [0.2, 0.25) is 5.56 Å². The van der Waals surface area contributed by atoms with E-state index in [0.717, 1.165) is 0 Å². The van der Waals surface area contributed by atoms with Gasteiger partial charge in [0.05, 0.1) is 16.2 Å². The van der Waals surface area contributed by atoms with Crippen molar-refractivity contribution in [1.82, 2.24) is 4.98 Å². The number of amides is 1. The standard InChI is InChI=1S/C13H10BrN3O4/c1-7-4-9(14)10(5-11(7)17(20)21)16-13(19)8-2-3-12(18)15-6-8/h2-6H,1H3,(H,15,18)(H,16,19). The minimum Gasteiger partial charge on any atom is -0.328 e. The molecular weight excluding hydrogens is 342 g/mol. The molecule has 8 heteroatoms. The Balaban J connectivity index is 2.33. The normalized spacial score (nSPS) is 10.2. The number of rotatable bonds is 3. The Bertz CT molecular complexity index is 765. The number of hydrogen-bond donors (Lipinski definition) is 2. The number of nitro benzene ring substituents is 1. The molecule has 0 aliphatic carbocycles. The number of anilines is 1. The van der Waals surface area contributed by atoms with Crippen molar-refractivity contribution in [2.45, 2.75) is 6.92 Å². The van der Waals surface area contributed by atoms with Crippen LogP contribution in [0, 0.1) is 17.0 Å². The predicted octanol–water partition coefficient (Wildman–Crippen LogP) is 2.61. The fourth-order valence-electron chi connectivity index (χ4n) is 1.70. The van der Waals surface area contributed by atoms with E-state index in [1.165, 1.54) is 24.4 Å². The number of nitrogens with zero attached hydrogens (tertiary/aromatic N) is 1. The number of pyridine rings is 1. The number of nitro groups is 1. The average Bonchev–Trinajstić information content (AvgIpc) is 2.42. The minimum absolute atomic E-state index is 0.0880. The van der Waals surface area contributed by atoms with E-state index in [1.54, 1.807) is 13.0 Å². The minimum atomic E-state index is -0.516. The van der Waals surface area contributed by atoms with Gasteiger partial charge in [-0.2, -0.15) is 0 Å². The first-order valence-corrected chi connectivity index (χ1v) is 6.62. The Morgan fingerprint density at radius 1 is 1.38 bits per heavy atom. The number of carbonyl (C=O) groups excluding carboxylic acids is 1. The molecule has 2 rings (SSSR count). The summed E-state index contributed by atoms with van der Waals surface area (Å²) in [6, 6.07) is 5.43. The van der Waals surface area contributed by atoms with Crippen LogP contribution < -0.4 is 10.9 Å². The summed E-state index contributed by atoms with van der Waals surface area (Å²) in [5.74, 6) is -0.481. The zero-order valence-electron chi connectivity index (χ0n) is 10.8. The maximum absolute atomic E-state index is 12.0. The van der Waals surface area contributed by atoms with Crippen LogP contribution in [0.1, 0.15) is 15.9 Å². The molecule has 2 aromatic rings. The molecule has 0 radical (unpaired) electrons. The van der Waals surface area contributed by atoms with Crippen molar-refractivity contribution in [3.8, 4) is 0 Å². The van der Waals surface area contributed by atoms with Crippen LogP contribution in [-0.4, -0.2) is 15.8 Å². The maximum Gasteiger partial charge on any atom is 0.274 e. The van der Waals surface area contributed by atoms with E-state index in [1.807, 2.05) is 0 Å². The van der Waals surface area contributed by atoms with Crippen LogP contribution >= 0.6 is 15.9 Å². The molecule has 1 heterocycles. The maximum atomic E-state index is 12.0. The Morgan fingerprint density at radius 2 is 2.10 bits per heavy atom. The summed E-state index contributed by atoms with van der Waals surface area (Å²) in [7, 11) is 0. The number of halogens is 1. The van der Waals surface area contributed by atoms with Crippen LogP contribution in [0.4, 0.5) is 11.4 Å².